The molecule has 1 fully saturated rings. The predicted molar refractivity (Wildman–Crippen MR) is 98.1 cm³/mol. The average molecular weight is 364 g/mol. The number of rotatable bonds is 7. The number of nitrogens with zero attached hydrogens (tertiary/aromatic N) is 1. The summed E-state index contributed by atoms with van der Waals surface area (Å²) in [6.07, 6.45) is 0. The molecular weight excluding hydrogens is 336 g/mol. The van der Waals surface area contributed by atoms with Gasteiger partial charge in [0.2, 0.25) is 11.7 Å². The van der Waals surface area contributed by atoms with Gasteiger partial charge in [-0.05, 0) is 46.8 Å². The van der Waals surface area contributed by atoms with Crippen molar-refractivity contribution < 1.29 is 23.8 Å². The van der Waals surface area contributed by atoms with E-state index in [0.29, 0.717) is 55.7 Å². The van der Waals surface area contributed by atoms with Crippen molar-refractivity contribution in [1.29, 1.82) is 0 Å². The number of carbonyl (C=O) groups is 2. The highest BCUT2D eigenvalue weighted by molar-refractivity contribution is 6.00. The Hall–Kier alpha value is -2.44. The van der Waals surface area contributed by atoms with Crippen molar-refractivity contribution in [3.63, 3.8) is 0 Å². The Morgan fingerprint density at radius 2 is 1.62 bits per heavy atom. The highest BCUT2D eigenvalue weighted by atomic mass is 16.5. The van der Waals surface area contributed by atoms with Crippen molar-refractivity contribution in [2.75, 3.05) is 32.9 Å². The molecule has 1 aliphatic rings. The Kier molecular flexibility index (Phi) is 6.34. The van der Waals surface area contributed by atoms with Crippen LogP contribution < -0.4 is 19.5 Å². The van der Waals surface area contributed by atoms with Gasteiger partial charge in [-0.2, -0.15) is 0 Å². The van der Waals surface area contributed by atoms with Gasteiger partial charge in [0.25, 0.3) is 5.91 Å². The number of piperazine rings is 1. The maximum atomic E-state index is 13.1. The minimum absolute atomic E-state index is 0.168. The van der Waals surface area contributed by atoms with E-state index < -0.39 is 5.54 Å². The zero-order valence-electron chi connectivity index (χ0n) is 16.2. The summed E-state index contributed by atoms with van der Waals surface area (Å²) >= 11 is 0. The van der Waals surface area contributed by atoms with Gasteiger partial charge in [-0.25, -0.2) is 0 Å². The molecule has 0 bridgehead atoms. The number of nitrogens with one attached hydrogen (secondary N) is 1. The lowest BCUT2D eigenvalue weighted by atomic mass is 9.97. The van der Waals surface area contributed by atoms with Crippen LogP contribution in [0.5, 0.6) is 17.2 Å². The highest BCUT2D eigenvalue weighted by Crippen LogP contribution is 2.39. The van der Waals surface area contributed by atoms with Crippen LogP contribution in [0.25, 0.3) is 0 Å². The topological polar surface area (TPSA) is 77.1 Å². The summed E-state index contributed by atoms with van der Waals surface area (Å²) in [6.45, 7) is 11.3. The van der Waals surface area contributed by atoms with E-state index in [0.717, 1.165) is 0 Å². The molecule has 2 amide bonds. The molecule has 0 aromatic heterocycles. The maximum Gasteiger partial charge on any atom is 0.255 e. The van der Waals surface area contributed by atoms with Gasteiger partial charge in [0.1, 0.15) is 5.54 Å². The first-order chi connectivity index (χ1) is 12.4. The number of carbonyl (C=O) groups excluding carboxylic acids is 2. The van der Waals surface area contributed by atoms with Crippen LogP contribution >= 0.6 is 0 Å². The molecule has 0 radical (unpaired) electrons. The van der Waals surface area contributed by atoms with E-state index in [9.17, 15) is 9.59 Å². The molecule has 7 nitrogen and oxygen atoms in total. The van der Waals surface area contributed by atoms with Crippen LogP contribution in [0.2, 0.25) is 0 Å². The molecule has 1 aromatic carbocycles. The second-order valence-corrected chi connectivity index (χ2v) is 6.37. The first-order valence-electron chi connectivity index (χ1n) is 9.03. The lowest BCUT2D eigenvalue weighted by Gasteiger charge is -2.41. The van der Waals surface area contributed by atoms with Gasteiger partial charge < -0.3 is 24.4 Å². The first kappa shape index (κ1) is 19.9. The van der Waals surface area contributed by atoms with Crippen molar-refractivity contribution in [3.05, 3.63) is 17.7 Å². The Morgan fingerprint density at radius 3 is 2.12 bits per heavy atom. The van der Waals surface area contributed by atoms with Crippen LogP contribution in [-0.2, 0) is 4.79 Å². The van der Waals surface area contributed by atoms with Gasteiger partial charge in [-0.3, -0.25) is 9.59 Å². The molecule has 1 aromatic rings. The molecule has 0 saturated carbocycles. The number of amides is 2. The van der Waals surface area contributed by atoms with Gasteiger partial charge in [-0.1, -0.05) is 0 Å². The zero-order chi connectivity index (χ0) is 19.3. The fourth-order valence-corrected chi connectivity index (χ4v) is 2.92. The largest absolute Gasteiger partial charge is 0.490 e. The summed E-state index contributed by atoms with van der Waals surface area (Å²) in [4.78, 5) is 26.9. The van der Waals surface area contributed by atoms with E-state index in [2.05, 4.69) is 5.32 Å². The van der Waals surface area contributed by atoms with E-state index in [1.807, 2.05) is 20.8 Å². The third-order valence-electron chi connectivity index (χ3n) is 4.25. The van der Waals surface area contributed by atoms with Crippen LogP contribution in [0, 0.1) is 0 Å². The Labute approximate surface area is 154 Å². The SMILES string of the molecule is CCOc1cc(C(=O)N2CCNC(=O)C2(C)C)cc(OCC)c1OCC. The van der Waals surface area contributed by atoms with E-state index in [1.165, 1.54) is 0 Å². The van der Waals surface area contributed by atoms with E-state index in [1.54, 1.807) is 30.9 Å². The number of hydrogen-bond donors (Lipinski definition) is 1. The Morgan fingerprint density at radius 1 is 1.08 bits per heavy atom. The van der Waals surface area contributed by atoms with E-state index in [-0.39, 0.29) is 11.8 Å². The minimum Gasteiger partial charge on any atom is -0.490 e. The van der Waals surface area contributed by atoms with Crippen LogP contribution in [0.3, 0.4) is 0 Å². The van der Waals surface area contributed by atoms with Crippen LogP contribution in [-0.4, -0.2) is 55.2 Å². The molecule has 7 heteroatoms. The summed E-state index contributed by atoms with van der Waals surface area (Å²) in [7, 11) is 0. The van der Waals surface area contributed by atoms with Crippen molar-refractivity contribution >= 4 is 11.8 Å². The summed E-state index contributed by atoms with van der Waals surface area (Å²) in [5.74, 6) is 1.00. The molecule has 0 spiro atoms. The van der Waals surface area contributed by atoms with Gasteiger partial charge >= 0.3 is 0 Å². The minimum atomic E-state index is -0.925. The van der Waals surface area contributed by atoms with Crippen molar-refractivity contribution in [2.45, 2.75) is 40.2 Å². The molecule has 2 rings (SSSR count). The summed E-state index contributed by atoms with van der Waals surface area (Å²) in [5, 5.41) is 2.80. The molecule has 1 saturated heterocycles. The molecule has 144 valence electrons. The monoisotopic (exact) mass is 364 g/mol. The third kappa shape index (κ3) is 3.86. The molecule has 0 atom stereocenters. The Bertz CT molecular complexity index is 645. The fraction of sp³-hybridized carbons (Fsp3) is 0.579. The van der Waals surface area contributed by atoms with Crippen molar-refractivity contribution in [3.8, 4) is 17.2 Å². The smallest absolute Gasteiger partial charge is 0.255 e. The molecule has 1 N–H and O–H groups in total. The molecular formula is C19H28N2O5. The molecule has 0 unspecified atom stereocenters. The molecule has 26 heavy (non-hydrogen) atoms. The average Bonchev–Trinajstić information content (AvgIpc) is 2.59. The zero-order valence-corrected chi connectivity index (χ0v) is 16.2. The van der Waals surface area contributed by atoms with Crippen molar-refractivity contribution in [1.82, 2.24) is 10.2 Å². The number of benzene rings is 1. The fourth-order valence-electron chi connectivity index (χ4n) is 2.92. The first-order valence-corrected chi connectivity index (χ1v) is 9.03. The number of hydrogen-bond acceptors (Lipinski definition) is 5. The molecule has 0 aliphatic carbocycles. The molecule has 1 heterocycles. The summed E-state index contributed by atoms with van der Waals surface area (Å²) in [5.41, 5.74) is -0.519. The van der Waals surface area contributed by atoms with E-state index >= 15 is 0 Å². The van der Waals surface area contributed by atoms with Crippen molar-refractivity contribution in [2.24, 2.45) is 0 Å². The summed E-state index contributed by atoms with van der Waals surface area (Å²) in [6, 6.07) is 3.31. The quantitative estimate of drug-likeness (QED) is 0.803. The Balaban J connectivity index is 2.47. The predicted octanol–water partition coefficient (Wildman–Crippen LogP) is 2.23. The van der Waals surface area contributed by atoms with Crippen LogP contribution in [0.4, 0.5) is 0 Å². The number of ether oxygens (including phenoxy) is 3. The summed E-state index contributed by atoms with van der Waals surface area (Å²) < 4.78 is 17.0. The second-order valence-electron chi connectivity index (χ2n) is 6.37. The lowest BCUT2D eigenvalue weighted by molar-refractivity contribution is -0.133. The molecule has 1 aliphatic heterocycles. The van der Waals surface area contributed by atoms with Crippen LogP contribution in [0.15, 0.2) is 12.1 Å². The standard InChI is InChI=1S/C19H28N2O5/c1-6-24-14-11-13(12-15(25-7-2)16(14)26-8-3)17(22)21-10-9-20-18(23)19(21,4)5/h11-12H,6-10H2,1-5H3,(H,20,23). The van der Waals surface area contributed by atoms with Gasteiger partial charge in [0, 0.05) is 18.7 Å². The third-order valence-corrected chi connectivity index (χ3v) is 4.25. The van der Waals surface area contributed by atoms with Gasteiger partial charge in [0.05, 0.1) is 19.8 Å². The maximum absolute atomic E-state index is 13.1. The highest BCUT2D eigenvalue weighted by Gasteiger charge is 2.41. The lowest BCUT2D eigenvalue weighted by Crippen LogP contribution is -2.63. The normalized spacial score (nSPS) is 16.0. The second kappa shape index (κ2) is 8.29. The van der Waals surface area contributed by atoms with Crippen LogP contribution in [0.1, 0.15) is 45.0 Å². The van der Waals surface area contributed by atoms with Gasteiger partial charge in [0.15, 0.2) is 11.5 Å². The van der Waals surface area contributed by atoms with Gasteiger partial charge in [-0.15, -0.1) is 0 Å². The van der Waals surface area contributed by atoms with E-state index in [4.69, 9.17) is 14.2 Å².